The first kappa shape index (κ1) is 87.2. The maximum Gasteiger partial charge on any atom is 0.472 e. The van der Waals surface area contributed by atoms with E-state index in [9.17, 15) is 43.5 Å². The summed E-state index contributed by atoms with van der Waals surface area (Å²) in [5, 5.41) is 20.6. The minimum absolute atomic E-state index is 0.103. The van der Waals surface area contributed by atoms with Gasteiger partial charge in [0, 0.05) is 19.3 Å². The van der Waals surface area contributed by atoms with E-state index in [1.165, 1.54) is 70.6 Å². The lowest BCUT2D eigenvalue weighted by molar-refractivity contribution is -0.161. The molecule has 0 saturated carbocycles. The quantitative estimate of drug-likeness (QED) is 0.0146. The lowest BCUT2D eigenvalue weighted by Gasteiger charge is -2.21. The van der Waals surface area contributed by atoms with E-state index in [2.05, 4.69) is 130 Å². The average molecular weight is 1320 g/mol. The summed E-state index contributed by atoms with van der Waals surface area (Å²) in [4.78, 5) is 58.4. The van der Waals surface area contributed by atoms with Crippen molar-refractivity contribution in [3.63, 3.8) is 0 Å². The zero-order valence-electron chi connectivity index (χ0n) is 56.7. The number of allylic oxidation sites excluding steroid dienone is 18. The minimum Gasteiger partial charge on any atom is -0.463 e. The van der Waals surface area contributed by atoms with Crippen LogP contribution in [0.4, 0.5) is 0 Å². The van der Waals surface area contributed by atoms with Gasteiger partial charge >= 0.3 is 33.6 Å². The van der Waals surface area contributed by atoms with Crippen molar-refractivity contribution in [2.45, 2.75) is 296 Å². The maximum atomic E-state index is 12.9. The Morgan fingerprint density at radius 2 is 0.582 bits per heavy atom. The number of rotatable bonds is 66. The van der Waals surface area contributed by atoms with Crippen LogP contribution in [0.5, 0.6) is 0 Å². The Hall–Kier alpha value is -3.79. The molecule has 5 atom stereocenters. The van der Waals surface area contributed by atoms with Crippen LogP contribution in [0.1, 0.15) is 278 Å². The van der Waals surface area contributed by atoms with Gasteiger partial charge in [0.15, 0.2) is 6.10 Å². The molecule has 18 heteroatoms. The lowest BCUT2D eigenvalue weighted by atomic mass is 10.0. The molecule has 5 unspecified atom stereocenters. The van der Waals surface area contributed by atoms with Crippen molar-refractivity contribution in [3.05, 3.63) is 109 Å². The normalized spacial score (nSPS) is 14.8. The molecule has 0 rings (SSSR count). The first-order valence-electron chi connectivity index (χ1n) is 35.2. The molecule has 0 amide bonds. The van der Waals surface area contributed by atoms with Crippen molar-refractivity contribution >= 4 is 33.6 Å². The number of phosphoric acid groups is 2. The molecule has 0 aliphatic carbocycles. The Kier molecular flexibility index (Phi) is 63.5. The van der Waals surface area contributed by atoms with E-state index in [4.69, 9.17) is 32.3 Å². The molecular weight excluding hydrogens is 1190 g/mol. The van der Waals surface area contributed by atoms with Crippen LogP contribution in [0.3, 0.4) is 0 Å². The molecule has 91 heavy (non-hydrogen) atoms. The molecule has 4 N–H and O–H groups in total. The van der Waals surface area contributed by atoms with Gasteiger partial charge in [-0.1, -0.05) is 259 Å². The van der Waals surface area contributed by atoms with Crippen molar-refractivity contribution in [1.29, 1.82) is 0 Å². The fourth-order valence-electron chi connectivity index (χ4n) is 9.11. The molecule has 0 spiro atoms. The number of hydrogen-bond donors (Lipinski definition) is 4. The van der Waals surface area contributed by atoms with E-state index in [1.807, 2.05) is 0 Å². The van der Waals surface area contributed by atoms with Gasteiger partial charge in [-0.05, 0) is 109 Å². The Labute approximate surface area is 551 Å². The highest BCUT2D eigenvalue weighted by molar-refractivity contribution is 7.47. The van der Waals surface area contributed by atoms with Crippen molar-refractivity contribution in [2.24, 2.45) is 0 Å². The monoisotopic (exact) mass is 1320 g/mol. The van der Waals surface area contributed by atoms with Gasteiger partial charge in [-0.2, -0.15) is 0 Å². The van der Waals surface area contributed by atoms with Gasteiger partial charge < -0.3 is 34.2 Å². The van der Waals surface area contributed by atoms with E-state index in [0.717, 1.165) is 148 Å². The standard InChI is InChI=1S/C73H126O16P2/c1-4-7-10-13-16-19-22-25-27-29-31-32-33-34-36-38-39-42-44-47-50-53-56-59-71(76)83-62-68(74)63-85-90(79,80)86-64-69(75)65-87-91(81,82)88-67-70(89-73(78)61-58-55-52-49-46-41-24-21-18-15-12-9-6-3)66-84-72(77)60-57-54-51-48-45-43-40-37-35-30-28-26-23-20-17-14-11-8-5-2/h7,10,16-17,19-20,25-28,31-32,34-37,39,42,68-70,74-75H,4-6,8-9,11-15,18,21-24,29-30,33,38,40-41,43-67H2,1-3H3,(H,79,80)(H,81,82)/b10-7-,19-16-,20-17-,27-25-,28-26-,32-31-,36-34-,37-35-,42-39-. The average Bonchev–Trinajstić information content (AvgIpc) is 3.74. The third-order valence-electron chi connectivity index (χ3n) is 14.5. The number of carbonyl (C=O) groups is 3. The molecule has 0 aliphatic heterocycles. The smallest absolute Gasteiger partial charge is 0.463 e. The Bertz CT molecular complexity index is 2100. The Balaban J connectivity index is 4.64. The van der Waals surface area contributed by atoms with Gasteiger partial charge in [0.25, 0.3) is 0 Å². The predicted octanol–water partition coefficient (Wildman–Crippen LogP) is 19.6. The van der Waals surface area contributed by atoms with E-state index >= 15 is 0 Å². The molecule has 524 valence electrons. The van der Waals surface area contributed by atoms with Gasteiger partial charge in [-0.3, -0.25) is 32.5 Å². The van der Waals surface area contributed by atoms with Crippen LogP contribution in [0, 0.1) is 0 Å². The number of aliphatic hydroxyl groups is 2. The van der Waals surface area contributed by atoms with Gasteiger partial charge in [-0.15, -0.1) is 0 Å². The fourth-order valence-corrected chi connectivity index (χ4v) is 10.7. The van der Waals surface area contributed by atoms with Crippen molar-refractivity contribution in [1.82, 2.24) is 0 Å². The molecule has 0 saturated heterocycles. The Morgan fingerprint density at radius 1 is 0.319 bits per heavy atom. The number of phosphoric ester groups is 2. The number of aliphatic hydroxyl groups excluding tert-OH is 2. The summed E-state index contributed by atoms with van der Waals surface area (Å²) in [6.07, 6.45) is 74.2. The minimum atomic E-state index is -4.93. The van der Waals surface area contributed by atoms with Crippen LogP contribution in [0.15, 0.2) is 109 Å². The van der Waals surface area contributed by atoms with Crippen LogP contribution in [-0.2, 0) is 55.8 Å². The summed E-state index contributed by atoms with van der Waals surface area (Å²) < 4.78 is 60.9. The molecule has 0 aromatic heterocycles. The first-order valence-corrected chi connectivity index (χ1v) is 38.2. The number of ether oxygens (including phenoxy) is 3. The summed E-state index contributed by atoms with van der Waals surface area (Å²) >= 11 is 0. The third-order valence-corrected chi connectivity index (χ3v) is 16.4. The molecular formula is C73H126O16P2. The molecule has 0 radical (unpaired) electrons. The van der Waals surface area contributed by atoms with Crippen molar-refractivity contribution in [2.75, 3.05) is 39.6 Å². The van der Waals surface area contributed by atoms with Gasteiger partial charge in [-0.25, -0.2) is 9.13 Å². The van der Waals surface area contributed by atoms with Crippen molar-refractivity contribution in [3.8, 4) is 0 Å². The fraction of sp³-hybridized carbons (Fsp3) is 0.712. The Morgan fingerprint density at radius 3 is 0.945 bits per heavy atom. The number of esters is 3. The second-order valence-corrected chi connectivity index (χ2v) is 26.2. The molecule has 0 aromatic carbocycles. The second kappa shape index (κ2) is 66.2. The second-order valence-electron chi connectivity index (χ2n) is 23.3. The third kappa shape index (κ3) is 67.4. The van der Waals surface area contributed by atoms with E-state index in [-0.39, 0.29) is 19.3 Å². The maximum absolute atomic E-state index is 12.9. The first-order chi connectivity index (χ1) is 44.2. The van der Waals surface area contributed by atoms with Crippen molar-refractivity contribution < 1.29 is 75.8 Å². The molecule has 0 heterocycles. The summed E-state index contributed by atoms with van der Waals surface area (Å²) in [6, 6.07) is 0. The molecule has 0 bridgehead atoms. The van der Waals surface area contributed by atoms with E-state index in [1.54, 1.807) is 0 Å². The highest BCUT2D eigenvalue weighted by Crippen LogP contribution is 2.45. The molecule has 0 aliphatic rings. The van der Waals surface area contributed by atoms with Gasteiger partial charge in [0.2, 0.25) is 0 Å². The van der Waals surface area contributed by atoms with Gasteiger partial charge in [0.1, 0.15) is 25.4 Å². The molecule has 0 aromatic rings. The van der Waals surface area contributed by atoms with Crippen LogP contribution in [-0.4, -0.2) is 95.9 Å². The number of carbonyl (C=O) groups excluding carboxylic acids is 3. The number of unbranched alkanes of at least 4 members (excludes halogenated alkanes) is 25. The zero-order valence-corrected chi connectivity index (χ0v) is 58.5. The summed E-state index contributed by atoms with van der Waals surface area (Å²) in [5.74, 6) is -1.61. The largest absolute Gasteiger partial charge is 0.472 e. The summed E-state index contributed by atoms with van der Waals surface area (Å²) in [7, 11) is -9.79. The van der Waals surface area contributed by atoms with Crippen LogP contribution in [0.2, 0.25) is 0 Å². The predicted molar refractivity (Wildman–Crippen MR) is 371 cm³/mol. The SMILES string of the molecule is CC/C=C\C/C=C\C/C=C\C/C=C\C/C=C\C/C=C\CCCCCCC(=O)OCC(O)COP(=O)(O)OCC(O)COP(=O)(O)OCC(COC(=O)CCCCCCCC/C=C\C/C=C\C/C=C\CCCCC)OC(=O)CCCCCCCCCCCCCCC. The molecule has 0 fully saturated rings. The lowest BCUT2D eigenvalue weighted by Crippen LogP contribution is -2.30. The van der Waals surface area contributed by atoms with E-state index in [0.29, 0.717) is 19.3 Å². The van der Waals surface area contributed by atoms with E-state index < -0.39 is 91.5 Å². The van der Waals surface area contributed by atoms with Crippen LogP contribution >= 0.6 is 15.6 Å². The topological polar surface area (TPSA) is 231 Å². The molecule has 16 nitrogen and oxygen atoms in total. The highest BCUT2D eigenvalue weighted by Gasteiger charge is 2.29. The summed E-state index contributed by atoms with van der Waals surface area (Å²) in [5.41, 5.74) is 0. The highest BCUT2D eigenvalue weighted by atomic mass is 31.2. The van der Waals surface area contributed by atoms with Gasteiger partial charge in [0.05, 0.1) is 26.4 Å². The summed E-state index contributed by atoms with van der Waals surface area (Å²) in [6.45, 7) is 2.49. The zero-order chi connectivity index (χ0) is 66.7. The van der Waals surface area contributed by atoms with Crippen LogP contribution < -0.4 is 0 Å². The van der Waals surface area contributed by atoms with Crippen LogP contribution in [0.25, 0.3) is 0 Å². The number of hydrogen-bond acceptors (Lipinski definition) is 14.